The van der Waals surface area contributed by atoms with E-state index in [-0.39, 0.29) is 0 Å². The Kier molecular flexibility index (Phi) is 3.28. The van der Waals surface area contributed by atoms with Gasteiger partial charge in [0.05, 0.1) is 0 Å². The number of nitrogens with two attached hydrogens (primary N) is 1. The van der Waals surface area contributed by atoms with Gasteiger partial charge in [0.1, 0.15) is 0 Å². The van der Waals surface area contributed by atoms with Gasteiger partial charge in [-0.05, 0) is 11.1 Å². The van der Waals surface area contributed by atoms with Crippen LogP contribution in [-0.2, 0) is 11.3 Å². The standard InChI is InChI=1S/C9H10ClNO2/c10-8(9(12)13)7-4-2-1-3-6(7)5-11/h1-4,8H,5,11H2,(H,12,13). The van der Waals surface area contributed by atoms with Crippen molar-refractivity contribution in [1.29, 1.82) is 0 Å². The van der Waals surface area contributed by atoms with Crippen molar-refractivity contribution in [2.75, 3.05) is 0 Å². The minimum absolute atomic E-state index is 0.298. The van der Waals surface area contributed by atoms with Gasteiger partial charge in [0.25, 0.3) is 0 Å². The number of carboxylic acids is 1. The third kappa shape index (κ3) is 2.20. The van der Waals surface area contributed by atoms with Crippen LogP contribution in [0.3, 0.4) is 0 Å². The van der Waals surface area contributed by atoms with E-state index in [0.29, 0.717) is 12.1 Å². The van der Waals surface area contributed by atoms with E-state index >= 15 is 0 Å². The van der Waals surface area contributed by atoms with E-state index in [9.17, 15) is 4.79 Å². The molecule has 0 amide bonds. The van der Waals surface area contributed by atoms with Crippen LogP contribution in [0.1, 0.15) is 16.5 Å². The Morgan fingerprint density at radius 1 is 1.54 bits per heavy atom. The summed E-state index contributed by atoms with van der Waals surface area (Å²) in [5.41, 5.74) is 6.77. The largest absolute Gasteiger partial charge is 0.480 e. The molecule has 0 spiro atoms. The van der Waals surface area contributed by atoms with Crippen molar-refractivity contribution in [2.45, 2.75) is 11.9 Å². The molecule has 70 valence electrons. The molecule has 0 aliphatic carbocycles. The molecule has 0 heterocycles. The van der Waals surface area contributed by atoms with E-state index in [1.54, 1.807) is 24.3 Å². The predicted molar refractivity (Wildman–Crippen MR) is 50.6 cm³/mol. The van der Waals surface area contributed by atoms with Gasteiger partial charge in [-0.2, -0.15) is 0 Å². The zero-order valence-corrected chi connectivity index (χ0v) is 7.66. The average molecular weight is 200 g/mol. The predicted octanol–water partition coefficient (Wildman–Crippen LogP) is 1.51. The number of carbonyl (C=O) groups is 1. The second-order valence-corrected chi connectivity index (χ2v) is 3.04. The molecule has 1 unspecified atom stereocenters. The number of hydrogen-bond donors (Lipinski definition) is 2. The molecule has 3 N–H and O–H groups in total. The van der Waals surface area contributed by atoms with Crippen LogP contribution in [0.5, 0.6) is 0 Å². The van der Waals surface area contributed by atoms with Crippen LogP contribution in [0.2, 0.25) is 0 Å². The van der Waals surface area contributed by atoms with Gasteiger partial charge in [-0.25, -0.2) is 0 Å². The van der Waals surface area contributed by atoms with Crippen LogP contribution in [0.4, 0.5) is 0 Å². The van der Waals surface area contributed by atoms with E-state index in [1.165, 1.54) is 0 Å². The number of hydrogen-bond acceptors (Lipinski definition) is 2. The fraction of sp³-hybridized carbons (Fsp3) is 0.222. The zero-order chi connectivity index (χ0) is 9.84. The minimum Gasteiger partial charge on any atom is -0.480 e. The Balaban J connectivity index is 3.05. The molecule has 13 heavy (non-hydrogen) atoms. The SMILES string of the molecule is NCc1ccccc1C(Cl)C(=O)O. The summed E-state index contributed by atoms with van der Waals surface area (Å²) < 4.78 is 0. The number of benzene rings is 1. The summed E-state index contributed by atoms with van der Waals surface area (Å²) in [6, 6.07) is 6.99. The molecule has 1 atom stereocenters. The summed E-state index contributed by atoms with van der Waals surface area (Å²) in [7, 11) is 0. The average Bonchev–Trinajstić information content (AvgIpc) is 2.16. The molecule has 3 nitrogen and oxygen atoms in total. The summed E-state index contributed by atoms with van der Waals surface area (Å²) in [4.78, 5) is 10.6. The van der Waals surface area contributed by atoms with Gasteiger partial charge >= 0.3 is 5.97 Å². The van der Waals surface area contributed by atoms with Gasteiger partial charge in [0.2, 0.25) is 0 Å². The van der Waals surface area contributed by atoms with Crippen LogP contribution in [-0.4, -0.2) is 11.1 Å². The maximum Gasteiger partial charge on any atom is 0.326 e. The lowest BCUT2D eigenvalue weighted by molar-refractivity contribution is -0.136. The topological polar surface area (TPSA) is 63.3 Å². The summed E-state index contributed by atoms with van der Waals surface area (Å²) in [6.45, 7) is 0.298. The fourth-order valence-electron chi connectivity index (χ4n) is 1.10. The van der Waals surface area contributed by atoms with Gasteiger partial charge in [0, 0.05) is 6.54 Å². The highest BCUT2D eigenvalue weighted by Gasteiger charge is 2.18. The van der Waals surface area contributed by atoms with Crippen LogP contribution >= 0.6 is 11.6 Å². The van der Waals surface area contributed by atoms with Crippen molar-refractivity contribution in [1.82, 2.24) is 0 Å². The van der Waals surface area contributed by atoms with Crippen molar-refractivity contribution < 1.29 is 9.90 Å². The van der Waals surface area contributed by atoms with Gasteiger partial charge < -0.3 is 10.8 Å². The van der Waals surface area contributed by atoms with Crippen LogP contribution in [0.25, 0.3) is 0 Å². The number of halogens is 1. The highest BCUT2D eigenvalue weighted by atomic mass is 35.5. The highest BCUT2D eigenvalue weighted by Crippen LogP contribution is 2.23. The lowest BCUT2D eigenvalue weighted by atomic mass is 10.0. The molecule has 0 aliphatic rings. The molecule has 1 rings (SSSR count). The van der Waals surface area contributed by atoms with Crippen molar-refractivity contribution in [3.63, 3.8) is 0 Å². The Labute approximate surface area is 81.1 Å². The summed E-state index contributed by atoms with van der Waals surface area (Å²) >= 11 is 5.67. The second-order valence-electron chi connectivity index (χ2n) is 2.60. The summed E-state index contributed by atoms with van der Waals surface area (Å²) in [6.07, 6.45) is 0. The Bertz CT molecular complexity index is 314. The lowest BCUT2D eigenvalue weighted by Gasteiger charge is -2.09. The Hall–Kier alpha value is -1.06. The third-order valence-corrected chi connectivity index (χ3v) is 2.19. The van der Waals surface area contributed by atoms with Gasteiger partial charge in [-0.1, -0.05) is 24.3 Å². The molecule has 0 saturated heterocycles. The van der Waals surface area contributed by atoms with E-state index in [2.05, 4.69) is 0 Å². The summed E-state index contributed by atoms with van der Waals surface area (Å²) in [5.74, 6) is -1.05. The monoisotopic (exact) mass is 199 g/mol. The smallest absolute Gasteiger partial charge is 0.326 e. The zero-order valence-electron chi connectivity index (χ0n) is 6.90. The van der Waals surface area contributed by atoms with Crippen molar-refractivity contribution in [3.8, 4) is 0 Å². The molecule has 0 radical (unpaired) electrons. The number of alkyl halides is 1. The maximum absolute atomic E-state index is 10.6. The molecular weight excluding hydrogens is 190 g/mol. The van der Waals surface area contributed by atoms with Gasteiger partial charge in [0.15, 0.2) is 5.38 Å². The van der Waals surface area contributed by atoms with Gasteiger partial charge in [-0.3, -0.25) is 4.79 Å². The highest BCUT2D eigenvalue weighted by molar-refractivity contribution is 6.29. The maximum atomic E-state index is 10.6. The molecule has 0 aliphatic heterocycles. The van der Waals surface area contributed by atoms with E-state index in [0.717, 1.165) is 5.56 Å². The van der Waals surface area contributed by atoms with E-state index < -0.39 is 11.3 Å². The first-order valence-corrected chi connectivity index (χ1v) is 4.25. The quantitative estimate of drug-likeness (QED) is 0.726. The molecule has 4 heteroatoms. The third-order valence-electron chi connectivity index (χ3n) is 1.76. The Morgan fingerprint density at radius 3 is 2.69 bits per heavy atom. The minimum atomic E-state index is -1.05. The van der Waals surface area contributed by atoms with Gasteiger partial charge in [-0.15, -0.1) is 11.6 Å². The lowest BCUT2D eigenvalue weighted by Crippen LogP contribution is -2.09. The summed E-state index contributed by atoms with van der Waals surface area (Å²) in [5, 5.41) is 7.67. The molecule has 1 aromatic rings. The van der Waals surface area contributed by atoms with E-state index in [4.69, 9.17) is 22.4 Å². The van der Waals surface area contributed by atoms with Crippen LogP contribution in [0, 0.1) is 0 Å². The molecule has 0 saturated carbocycles. The molecule has 0 aromatic heterocycles. The Morgan fingerprint density at radius 2 is 2.15 bits per heavy atom. The van der Waals surface area contributed by atoms with E-state index in [1.807, 2.05) is 0 Å². The number of aliphatic carboxylic acids is 1. The second kappa shape index (κ2) is 4.25. The molecule has 1 aromatic carbocycles. The van der Waals surface area contributed by atoms with Crippen molar-refractivity contribution >= 4 is 17.6 Å². The molecule has 0 fully saturated rings. The number of rotatable bonds is 3. The van der Waals surface area contributed by atoms with Crippen LogP contribution < -0.4 is 5.73 Å². The van der Waals surface area contributed by atoms with Crippen LogP contribution in [0.15, 0.2) is 24.3 Å². The first kappa shape index (κ1) is 10.0. The first-order valence-electron chi connectivity index (χ1n) is 3.81. The number of carboxylic acid groups (broad SMARTS) is 1. The molecule has 0 bridgehead atoms. The first-order chi connectivity index (χ1) is 6.16. The van der Waals surface area contributed by atoms with Crippen molar-refractivity contribution in [3.05, 3.63) is 35.4 Å². The fourth-order valence-corrected chi connectivity index (χ4v) is 1.31. The normalized spacial score (nSPS) is 12.5. The molecular formula is C9H10ClNO2. The van der Waals surface area contributed by atoms with Crippen molar-refractivity contribution in [2.24, 2.45) is 5.73 Å².